The predicted octanol–water partition coefficient (Wildman–Crippen LogP) is 5.24. The molecule has 180 valence electrons. The monoisotopic (exact) mass is 479 g/mol. The molecule has 9 nitrogen and oxygen atoms in total. The Kier molecular flexibility index (Phi) is 7.53. The molecule has 3 unspecified atom stereocenters. The van der Waals surface area contributed by atoms with E-state index in [1.807, 2.05) is 33.9 Å². The minimum atomic E-state index is -1.13. The average Bonchev–Trinajstić information content (AvgIpc) is 3.54. The summed E-state index contributed by atoms with van der Waals surface area (Å²) in [4.78, 5) is 20.0. The van der Waals surface area contributed by atoms with Gasteiger partial charge in [-0.15, -0.1) is 0 Å². The van der Waals surface area contributed by atoms with E-state index in [0.29, 0.717) is 37.4 Å². The van der Waals surface area contributed by atoms with Gasteiger partial charge in [0, 0.05) is 38.7 Å². The molecule has 3 aromatic rings. The van der Waals surface area contributed by atoms with Gasteiger partial charge < -0.3 is 9.30 Å². The lowest BCUT2D eigenvalue weighted by Gasteiger charge is -2.21. The van der Waals surface area contributed by atoms with Crippen LogP contribution in [0.4, 0.5) is 0 Å². The Hall–Kier alpha value is -2.90. The van der Waals surface area contributed by atoms with Crippen LogP contribution in [0.3, 0.4) is 0 Å². The number of hydrogen-bond acceptors (Lipinski definition) is 7. The van der Waals surface area contributed by atoms with E-state index >= 15 is 0 Å². The molecule has 0 saturated heterocycles. The molecule has 3 heterocycles. The van der Waals surface area contributed by atoms with E-state index in [0.717, 1.165) is 48.5 Å². The number of ether oxygens (including phenoxy) is 1. The van der Waals surface area contributed by atoms with Gasteiger partial charge >= 0.3 is 0 Å². The van der Waals surface area contributed by atoms with Crippen molar-refractivity contribution >= 4 is 19.1 Å². The second-order valence-electron chi connectivity index (χ2n) is 10.5. The van der Waals surface area contributed by atoms with Gasteiger partial charge in [0.05, 0.1) is 36.8 Å². The molecule has 3 aromatic heterocycles. The van der Waals surface area contributed by atoms with Crippen molar-refractivity contribution < 1.29 is 4.74 Å². The molecule has 10 heteroatoms. The summed E-state index contributed by atoms with van der Waals surface area (Å²) in [6, 6.07) is 5.41. The lowest BCUT2D eigenvalue weighted by molar-refractivity contribution is 0.0899. The molecule has 1 fully saturated rings. The van der Waals surface area contributed by atoms with Crippen LogP contribution in [0.1, 0.15) is 31.7 Å². The molecule has 1 aliphatic carbocycles. The summed E-state index contributed by atoms with van der Waals surface area (Å²) >= 11 is 0. The van der Waals surface area contributed by atoms with E-state index in [2.05, 4.69) is 41.0 Å². The van der Waals surface area contributed by atoms with Crippen molar-refractivity contribution in [3.63, 3.8) is 0 Å². The summed E-state index contributed by atoms with van der Waals surface area (Å²) in [5.74, 6) is 1.23. The second kappa shape index (κ2) is 10.6. The Morgan fingerprint density at radius 2 is 2.18 bits per heavy atom. The fraction of sp³-hybridized carbons (Fsp3) is 0.583. The number of nitrogens with zero attached hydrogens (tertiary/aromatic N) is 7. The summed E-state index contributed by atoms with van der Waals surface area (Å²) in [5.41, 5.74) is 1.65. The standard InChI is InChI=1S/C24H33N7O2Si/c1-34(2,3)11-10-33-17-30-9-7-20-14-26-23(29-24(20)30)21-15-27-31(16-21)22(6-8-25)19-5-4-18(12-19)13-28-32/h7,9,14-16,18-19,22H,4-6,10-13,17H2,1-3H3. The van der Waals surface area contributed by atoms with Crippen molar-refractivity contribution in [3.05, 3.63) is 35.8 Å². The summed E-state index contributed by atoms with van der Waals surface area (Å²) in [6.07, 6.45) is 10.8. The first-order chi connectivity index (χ1) is 16.4. The van der Waals surface area contributed by atoms with Gasteiger partial charge in [-0.05, 0) is 43.2 Å². The highest BCUT2D eigenvalue weighted by Crippen LogP contribution is 2.39. The highest BCUT2D eigenvalue weighted by Gasteiger charge is 2.32. The van der Waals surface area contributed by atoms with Crippen LogP contribution in [-0.4, -0.2) is 45.5 Å². The first-order valence-electron chi connectivity index (χ1n) is 12.0. The van der Waals surface area contributed by atoms with Crippen LogP contribution in [0.25, 0.3) is 22.4 Å². The zero-order valence-corrected chi connectivity index (χ0v) is 21.2. The van der Waals surface area contributed by atoms with Crippen LogP contribution in [-0.2, 0) is 11.5 Å². The minimum Gasteiger partial charge on any atom is -0.361 e. The lowest BCUT2D eigenvalue weighted by Crippen LogP contribution is -2.22. The zero-order chi connectivity index (χ0) is 24.1. The summed E-state index contributed by atoms with van der Waals surface area (Å²) < 4.78 is 9.81. The number of fused-ring (bicyclic) bond motifs is 1. The first-order valence-corrected chi connectivity index (χ1v) is 15.7. The van der Waals surface area contributed by atoms with Gasteiger partial charge in [0.2, 0.25) is 0 Å². The van der Waals surface area contributed by atoms with Crippen LogP contribution in [0.2, 0.25) is 25.7 Å². The molecule has 4 rings (SSSR count). The third kappa shape index (κ3) is 5.77. The van der Waals surface area contributed by atoms with Gasteiger partial charge in [0.1, 0.15) is 12.4 Å². The maximum absolute atomic E-state index is 10.7. The number of nitroso groups, excluding NO2 is 1. The normalized spacial score (nSPS) is 19.4. The van der Waals surface area contributed by atoms with E-state index in [1.165, 1.54) is 0 Å². The molecule has 0 bridgehead atoms. The molecule has 0 aromatic carbocycles. The van der Waals surface area contributed by atoms with Gasteiger partial charge in [-0.1, -0.05) is 24.8 Å². The molecule has 0 aliphatic heterocycles. The lowest BCUT2D eigenvalue weighted by atomic mass is 9.94. The Bertz CT molecular complexity index is 1160. The van der Waals surface area contributed by atoms with Crippen LogP contribution >= 0.6 is 0 Å². The molecule has 0 spiro atoms. The summed E-state index contributed by atoms with van der Waals surface area (Å²) in [6.45, 7) is 8.61. The molecule has 1 saturated carbocycles. The Morgan fingerprint density at radius 3 is 2.94 bits per heavy atom. The maximum atomic E-state index is 10.7. The molecule has 0 amide bonds. The summed E-state index contributed by atoms with van der Waals surface area (Å²) in [5, 5.41) is 18.0. The van der Waals surface area contributed by atoms with Gasteiger partial charge in [0.15, 0.2) is 5.82 Å². The number of aromatic nitrogens is 5. The molecule has 34 heavy (non-hydrogen) atoms. The van der Waals surface area contributed by atoms with Crippen molar-refractivity contribution in [1.82, 2.24) is 24.3 Å². The topological polar surface area (TPSA) is 111 Å². The molecular weight excluding hydrogens is 446 g/mol. The third-order valence-corrected chi connectivity index (χ3v) is 8.39. The van der Waals surface area contributed by atoms with Gasteiger partial charge in [-0.25, -0.2) is 9.97 Å². The maximum Gasteiger partial charge on any atom is 0.164 e. The molecule has 1 aliphatic rings. The molecule has 0 radical (unpaired) electrons. The van der Waals surface area contributed by atoms with Crippen molar-refractivity contribution in [2.45, 2.75) is 64.1 Å². The fourth-order valence-corrected chi connectivity index (χ4v) is 5.45. The van der Waals surface area contributed by atoms with Crippen LogP contribution in [0, 0.1) is 28.1 Å². The van der Waals surface area contributed by atoms with E-state index < -0.39 is 8.07 Å². The zero-order valence-electron chi connectivity index (χ0n) is 20.2. The van der Waals surface area contributed by atoms with E-state index in [9.17, 15) is 10.2 Å². The number of nitriles is 1. The van der Waals surface area contributed by atoms with Crippen molar-refractivity contribution in [2.24, 2.45) is 17.0 Å². The van der Waals surface area contributed by atoms with Crippen LogP contribution < -0.4 is 0 Å². The van der Waals surface area contributed by atoms with Crippen molar-refractivity contribution in [2.75, 3.05) is 13.2 Å². The van der Waals surface area contributed by atoms with Crippen LogP contribution in [0.15, 0.2) is 36.0 Å². The largest absolute Gasteiger partial charge is 0.361 e. The quantitative estimate of drug-likeness (QED) is 0.211. The highest BCUT2D eigenvalue weighted by molar-refractivity contribution is 6.76. The minimum absolute atomic E-state index is 0.0252. The van der Waals surface area contributed by atoms with Crippen LogP contribution in [0.5, 0.6) is 0 Å². The second-order valence-corrected chi connectivity index (χ2v) is 16.1. The van der Waals surface area contributed by atoms with E-state index in [1.54, 1.807) is 6.20 Å². The Morgan fingerprint density at radius 1 is 1.32 bits per heavy atom. The van der Waals surface area contributed by atoms with Gasteiger partial charge in [-0.3, -0.25) is 4.68 Å². The third-order valence-electron chi connectivity index (χ3n) is 6.69. The fourth-order valence-electron chi connectivity index (χ4n) is 4.69. The summed E-state index contributed by atoms with van der Waals surface area (Å²) in [7, 11) is -1.13. The SMILES string of the molecule is C[Si](C)(C)CCOCn1ccc2cnc(-c3cnn(C(CC#N)C4CCC(CN=O)C4)c3)nc21. The van der Waals surface area contributed by atoms with Crippen molar-refractivity contribution in [3.8, 4) is 17.5 Å². The average molecular weight is 480 g/mol. The van der Waals surface area contributed by atoms with Crippen molar-refractivity contribution in [1.29, 1.82) is 5.26 Å². The number of hydrogen-bond donors (Lipinski definition) is 0. The highest BCUT2D eigenvalue weighted by atomic mass is 28.3. The Labute approximate surface area is 201 Å². The molecule has 0 N–H and O–H groups in total. The van der Waals surface area contributed by atoms with E-state index in [-0.39, 0.29) is 6.04 Å². The van der Waals surface area contributed by atoms with Gasteiger partial charge in [-0.2, -0.15) is 15.3 Å². The predicted molar refractivity (Wildman–Crippen MR) is 134 cm³/mol. The smallest absolute Gasteiger partial charge is 0.164 e. The van der Waals surface area contributed by atoms with Gasteiger partial charge in [0.25, 0.3) is 0 Å². The molecular formula is C24H33N7O2Si. The van der Waals surface area contributed by atoms with E-state index in [4.69, 9.17) is 9.72 Å². The first kappa shape index (κ1) is 24.2. The molecule has 3 atom stereocenters. The number of rotatable bonds is 11. The Balaban J connectivity index is 1.49.